The number of hydrogen-bond donors (Lipinski definition) is 1. The minimum absolute atomic E-state index is 0.0138. The number of hydrogen-bond acceptors (Lipinski definition) is 4. The summed E-state index contributed by atoms with van der Waals surface area (Å²) in [6.45, 7) is -0.267. The van der Waals surface area contributed by atoms with Crippen LogP contribution in [-0.4, -0.2) is 28.2 Å². The number of rotatable bonds is 4. The van der Waals surface area contributed by atoms with Gasteiger partial charge in [0.15, 0.2) is 6.23 Å². The topological polar surface area (TPSA) is 58.6 Å². The summed E-state index contributed by atoms with van der Waals surface area (Å²) in [6.07, 6.45) is -5.53. The highest BCUT2D eigenvalue weighted by atomic mass is 32.2. The molecule has 0 amide bonds. The maximum Gasteiger partial charge on any atom is 0.416 e. The van der Waals surface area contributed by atoms with Crippen molar-refractivity contribution in [1.29, 1.82) is 0 Å². The lowest BCUT2D eigenvalue weighted by Crippen LogP contribution is -2.49. The number of likely N-dealkylation sites (N-methyl/N-ethyl adjacent to an activating group) is 1. The third-order valence-corrected chi connectivity index (χ3v) is 6.91. The first-order valence-electron chi connectivity index (χ1n) is 9.64. The molecule has 0 saturated heterocycles. The molecule has 0 fully saturated rings. The highest BCUT2D eigenvalue weighted by molar-refractivity contribution is 7.92. The average molecular weight is 484 g/mol. The van der Waals surface area contributed by atoms with Crippen molar-refractivity contribution in [1.82, 2.24) is 5.32 Å². The van der Waals surface area contributed by atoms with Gasteiger partial charge in [0.25, 0.3) is 10.0 Å². The zero-order valence-corrected chi connectivity index (χ0v) is 17.8. The molecule has 1 aliphatic rings. The summed E-state index contributed by atoms with van der Waals surface area (Å²) < 4.78 is 101. The number of halogens is 5. The Hall–Kier alpha value is -3.18. The molecule has 0 aliphatic carbocycles. The summed E-state index contributed by atoms with van der Waals surface area (Å²) in [7, 11) is -2.94. The van der Waals surface area contributed by atoms with Gasteiger partial charge in [-0.2, -0.15) is 13.2 Å². The highest BCUT2D eigenvalue weighted by Crippen LogP contribution is 2.40. The fourth-order valence-corrected chi connectivity index (χ4v) is 4.99. The normalized spacial score (nSPS) is 16.3. The molecule has 1 atom stereocenters. The largest absolute Gasteiger partial charge is 0.471 e. The quantitative estimate of drug-likeness (QED) is 0.542. The minimum Gasteiger partial charge on any atom is -0.471 e. The van der Waals surface area contributed by atoms with Gasteiger partial charge in [-0.25, -0.2) is 17.2 Å². The van der Waals surface area contributed by atoms with E-state index in [1.807, 2.05) is 0 Å². The van der Waals surface area contributed by atoms with Crippen molar-refractivity contribution in [3.8, 4) is 16.9 Å². The van der Waals surface area contributed by atoms with E-state index in [9.17, 15) is 30.4 Å². The Bertz CT molecular complexity index is 1310. The molecule has 1 aliphatic heterocycles. The first-order valence-corrected chi connectivity index (χ1v) is 11.1. The van der Waals surface area contributed by atoms with Crippen molar-refractivity contribution in [2.24, 2.45) is 0 Å². The van der Waals surface area contributed by atoms with E-state index in [0.717, 1.165) is 40.7 Å². The number of alkyl halides is 3. The number of fused-ring (bicyclic) bond motifs is 1. The molecule has 5 nitrogen and oxygen atoms in total. The maximum atomic E-state index is 14.3. The Morgan fingerprint density at radius 1 is 1.03 bits per heavy atom. The smallest absolute Gasteiger partial charge is 0.416 e. The Labute approximate surface area is 186 Å². The molecule has 0 aromatic heterocycles. The molecule has 3 aromatic rings. The highest BCUT2D eigenvalue weighted by Gasteiger charge is 2.37. The number of nitrogens with one attached hydrogen (secondary N) is 1. The summed E-state index contributed by atoms with van der Waals surface area (Å²) in [5, 5.41) is 2.78. The summed E-state index contributed by atoms with van der Waals surface area (Å²) in [6, 6.07) is 10.4. The molecule has 174 valence electrons. The van der Waals surface area contributed by atoms with Crippen LogP contribution in [0.15, 0.2) is 65.6 Å². The van der Waals surface area contributed by atoms with Crippen molar-refractivity contribution in [2.45, 2.75) is 17.3 Å². The standard InChI is InChI=1S/C22H17F5N2O3S/c1-28-21-12-29(33(30,31)16-4-2-3-14(10-16)22(25,26)27)19-9-13(5-8-20(19)32-21)17-11-15(23)6-7-18(17)24/h2-11,21,28H,12H2,1H3/t21-/m0/s1. The van der Waals surface area contributed by atoms with Crippen molar-refractivity contribution in [2.75, 3.05) is 17.9 Å². The van der Waals surface area contributed by atoms with E-state index in [1.165, 1.54) is 25.2 Å². The van der Waals surface area contributed by atoms with E-state index in [4.69, 9.17) is 4.74 Å². The van der Waals surface area contributed by atoms with E-state index in [1.54, 1.807) is 0 Å². The predicted molar refractivity (Wildman–Crippen MR) is 111 cm³/mol. The van der Waals surface area contributed by atoms with Crippen LogP contribution in [0, 0.1) is 11.6 Å². The first kappa shape index (κ1) is 23.0. The Kier molecular flexibility index (Phi) is 5.79. The maximum absolute atomic E-state index is 14.3. The van der Waals surface area contributed by atoms with Gasteiger partial charge in [0, 0.05) is 5.56 Å². The molecular formula is C22H17F5N2O3S. The van der Waals surface area contributed by atoms with Crippen LogP contribution in [0.25, 0.3) is 11.1 Å². The Morgan fingerprint density at radius 2 is 1.79 bits per heavy atom. The van der Waals surface area contributed by atoms with Crippen LogP contribution in [0.2, 0.25) is 0 Å². The van der Waals surface area contributed by atoms with Crippen molar-refractivity contribution < 1.29 is 35.1 Å². The molecule has 0 radical (unpaired) electrons. The number of sulfonamides is 1. The lowest BCUT2D eigenvalue weighted by Gasteiger charge is -2.35. The SMILES string of the molecule is CN[C@@H]1CN(S(=O)(=O)c2cccc(C(F)(F)F)c2)c2cc(-c3cc(F)ccc3F)ccc2O1. The zero-order chi connectivity index (χ0) is 24.0. The van der Waals surface area contributed by atoms with Crippen LogP contribution in [0.1, 0.15) is 5.56 Å². The second-order valence-corrected chi connectivity index (χ2v) is 9.13. The molecule has 1 N–H and O–H groups in total. The fourth-order valence-electron chi connectivity index (χ4n) is 3.48. The molecule has 11 heteroatoms. The van der Waals surface area contributed by atoms with Crippen molar-refractivity contribution >= 4 is 15.7 Å². The van der Waals surface area contributed by atoms with Gasteiger partial charge in [-0.1, -0.05) is 12.1 Å². The van der Waals surface area contributed by atoms with Crippen LogP contribution >= 0.6 is 0 Å². The van der Waals surface area contributed by atoms with Crippen LogP contribution in [0.5, 0.6) is 5.75 Å². The van der Waals surface area contributed by atoms with Gasteiger partial charge < -0.3 is 4.74 Å². The van der Waals surface area contributed by atoms with Gasteiger partial charge >= 0.3 is 6.18 Å². The molecule has 4 rings (SSSR count). The van der Waals surface area contributed by atoms with Gasteiger partial charge in [0.1, 0.15) is 17.4 Å². The summed E-state index contributed by atoms with van der Waals surface area (Å²) in [5.41, 5.74) is -1.07. The third-order valence-electron chi connectivity index (χ3n) is 5.14. The second kappa shape index (κ2) is 8.31. The predicted octanol–water partition coefficient (Wildman–Crippen LogP) is 4.78. The van der Waals surface area contributed by atoms with Crippen LogP contribution < -0.4 is 14.4 Å². The van der Waals surface area contributed by atoms with Crippen molar-refractivity contribution in [3.05, 3.63) is 77.9 Å². The number of ether oxygens (including phenoxy) is 1. The molecule has 0 saturated carbocycles. The van der Waals surface area contributed by atoms with Gasteiger partial charge in [0.05, 0.1) is 22.7 Å². The fraction of sp³-hybridized carbons (Fsp3) is 0.182. The van der Waals surface area contributed by atoms with Gasteiger partial charge in [-0.3, -0.25) is 9.62 Å². The van der Waals surface area contributed by atoms with Gasteiger partial charge in [-0.05, 0) is 61.1 Å². The summed E-state index contributed by atoms with van der Waals surface area (Å²) >= 11 is 0. The monoisotopic (exact) mass is 484 g/mol. The molecular weight excluding hydrogens is 467 g/mol. The van der Waals surface area contributed by atoms with E-state index in [-0.39, 0.29) is 29.1 Å². The van der Waals surface area contributed by atoms with Gasteiger partial charge in [0.2, 0.25) is 0 Å². The molecule has 0 unspecified atom stereocenters. The molecule has 0 spiro atoms. The van der Waals surface area contributed by atoms with Crippen LogP contribution in [0.3, 0.4) is 0 Å². The molecule has 3 aromatic carbocycles. The van der Waals surface area contributed by atoms with E-state index >= 15 is 0 Å². The Morgan fingerprint density at radius 3 is 2.48 bits per heavy atom. The lowest BCUT2D eigenvalue weighted by molar-refractivity contribution is -0.137. The van der Waals surface area contributed by atoms with Crippen LogP contribution in [0.4, 0.5) is 27.6 Å². The van der Waals surface area contributed by atoms with E-state index in [0.29, 0.717) is 6.07 Å². The molecule has 1 heterocycles. The number of nitrogens with zero attached hydrogens (tertiary/aromatic N) is 1. The lowest BCUT2D eigenvalue weighted by atomic mass is 10.0. The Balaban J connectivity index is 1.85. The first-order chi connectivity index (χ1) is 15.5. The summed E-state index contributed by atoms with van der Waals surface area (Å²) in [5.74, 6) is -1.31. The third kappa shape index (κ3) is 4.38. The molecule has 0 bridgehead atoms. The number of benzene rings is 3. The van der Waals surface area contributed by atoms with Crippen LogP contribution in [-0.2, 0) is 16.2 Å². The number of anilines is 1. The second-order valence-electron chi connectivity index (χ2n) is 7.26. The zero-order valence-electron chi connectivity index (χ0n) is 17.0. The van der Waals surface area contributed by atoms with E-state index < -0.39 is 44.5 Å². The minimum atomic E-state index is -4.73. The van der Waals surface area contributed by atoms with E-state index in [2.05, 4.69) is 5.32 Å². The summed E-state index contributed by atoms with van der Waals surface area (Å²) in [4.78, 5) is -0.567. The van der Waals surface area contributed by atoms with Gasteiger partial charge in [-0.15, -0.1) is 0 Å². The average Bonchev–Trinajstić information content (AvgIpc) is 2.79. The molecule has 33 heavy (non-hydrogen) atoms. The van der Waals surface area contributed by atoms with Crippen molar-refractivity contribution in [3.63, 3.8) is 0 Å².